The van der Waals surface area contributed by atoms with E-state index in [1.54, 1.807) is 0 Å². The maximum atomic E-state index is 2.12. The van der Waals surface area contributed by atoms with Crippen LogP contribution in [-0.2, 0) is 0 Å². The molecule has 0 bridgehead atoms. The van der Waals surface area contributed by atoms with E-state index in [2.05, 4.69) is 19.8 Å². The summed E-state index contributed by atoms with van der Waals surface area (Å²) in [5.41, 5.74) is 0. The SMILES string of the molecule is BSP=CC. The fourth-order valence-electron chi connectivity index (χ4n) is 0.105. The topological polar surface area (TPSA) is 0 Å². The van der Waals surface area contributed by atoms with Crippen molar-refractivity contribution < 1.29 is 0 Å². The van der Waals surface area contributed by atoms with Gasteiger partial charge in [0.2, 0.25) is 0 Å². The zero-order valence-electron chi connectivity index (χ0n) is 3.43. The molecule has 3 heteroatoms. The van der Waals surface area contributed by atoms with Gasteiger partial charge in [-0.2, -0.15) is 11.2 Å². The molecular weight excluding hydrogens is 97.9 g/mol. The lowest BCUT2D eigenvalue weighted by Gasteiger charge is -1.64. The van der Waals surface area contributed by atoms with Crippen molar-refractivity contribution in [1.29, 1.82) is 0 Å². The molecule has 5 heavy (non-hydrogen) atoms. The average Bonchev–Trinajstić information content (AvgIpc) is 1.41. The standard InChI is InChI=1S/C2H6BPS/c1-2-4-5-3/h2H,3H2,1H3. The summed E-state index contributed by atoms with van der Waals surface area (Å²) in [4.78, 5) is 0. The fraction of sp³-hybridized carbons (Fsp3) is 0.500. The van der Waals surface area contributed by atoms with Crippen LogP contribution in [0.4, 0.5) is 0 Å². The Morgan fingerprint density at radius 1 is 2.00 bits per heavy atom. The first-order valence-electron chi connectivity index (χ1n) is 1.43. The molecule has 0 atom stereocenters. The van der Waals surface area contributed by atoms with Crippen molar-refractivity contribution in [2.75, 3.05) is 0 Å². The Bertz CT molecular complexity index is 36.6. The number of rotatable bonds is 1. The monoisotopic (exact) mass is 104 g/mol. The van der Waals surface area contributed by atoms with Gasteiger partial charge in [-0.15, -0.1) is 0 Å². The molecule has 0 N–H and O–H groups in total. The zero-order chi connectivity index (χ0) is 4.12. The first kappa shape index (κ1) is 5.58. The van der Waals surface area contributed by atoms with Crippen molar-refractivity contribution in [2.45, 2.75) is 6.92 Å². The van der Waals surface area contributed by atoms with Crippen molar-refractivity contribution >= 4 is 31.6 Å². The Labute approximate surface area is 39.2 Å². The van der Waals surface area contributed by atoms with Crippen molar-refractivity contribution in [3.63, 3.8) is 0 Å². The first-order chi connectivity index (χ1) is 2.41. The minimum absolute atomic E-state index is 1.37. The second-order valence-corrected chi connectivity index (χ2v) is 3.37. The Morgan fingerprint density at radius 2 is 2.60 bits per heavy atom. The van der Waals surface area contributed by atoms with Gasteiger partial charge in [-0.05, 0) is 6.92 Å². The van der Waals surface area contributed by atoms with Gasteiger partial charge in [0.05, 0.1) is 0 Å². The van der Waals surface area contributed by atoms with Gasteiger partial charge in [0.25, 0.3) is 0 Å². The third-order valence-corrected chi connectivity index (χ3v) is 1.90. The van der Waals surface area contributed by atoms with E-state index in [0.29, 0.717) is 0 Å². The second kappa shape index (κ2) is 4.58. The summed E-state index contributed by atoms with van der Waals surface area (Å²) in [6, 6.07) is 0. The maximum absolute atomic E-state index is 2.12. The molecule has 0 radical (unpaired) electrons. The lowest BCUT2D eigenvalue weighted by atomic mass is 10.8. The maximum Gasteiger partial charge on any atom is 0.185 e. The third kappa shape index (κ3) is 4.58. The second-order valence-electron chi connectivity index (χ2n) is 0.546. The molecule has 0 aromatic carbocycles. The van der Waals surface area contributed by atoms with E-state index in [-0.39, 0.29) is 0 Å². The van der Waals surface area contributed by atoms with E-state index in [1.807, 2.05) is 11.2 Å². The van der Waals surface area contributed by atoms with Crippen LogP contribution in [0.3, 0.4) is 0 Å². The first-order valence-corrected chi connectivity index (χ1v) is 4.22. The van der Waals surface area contributed by atoms with Crippen LogP contribution in [-0.4, -0.2) is 12.9 Å². The van der Waals surface area contributed by atoms with Crippen molar-refractivity contribution in [3.05, 3.63) is 0 Å². The summed E-state index contributed by atoms with van der Waals surface area (Å²) >= 11 is 1.82. The van der Waals surface area contributed by atoms with E-state index >= 15 is 0 Å². The smallest absolute Gasteiger partial charge is 0.163 e. The molecule has 0 unspecified atom stereocenters. The molecule has 0 amide bonds. The Balaban J connectivity index is 2.62. The van der Waals surface area contributed by atoms with Gasteiger partial charge in [0, 0.05) is 0 Å². The Morgan fingerprint density at radius 3 is 2.60 bits per heavy atom. The van der Waals surface area contributed by atoms with Gasteiger partial charge in [-0.1, -0.05) is 13.2 Å². The quantitative estimate of drug-likeness (QED) is 0.352. The number of hydrogen-bond acceptors (Lipinski definition) is 1. The van der Waals surface area contributed by atoms with Crippen LogP contribution in [0, 0.1) is 0 Å². The minimum Gasteiger partial charge on any atom is -0.163 e. The molecule has 0 fully saturated rings. The van der Waals surface area contributed by atoms with Crippen LogP contribution in [0.15, 0.2) is 0 Å². The summed E-state index contributed by atoms with van der Waals surface area (Å²) in [6.45, 7) is 2.05. The third-order valence-electron chi connectivity index (χ3n) is 0.211. The van der Waals surface area contributed by atoms with E-state index < -0.39 is 0 Å². The average molecular weight is 104 g/mol. The lowest BCUT2D eigenvalue weighted by molar-refractivity contribution is 2.14. The van der Waals surface area contributed by atoms with Crippen molar-refractivity contribution in [3.8, 4) is 0 Å². The van der Waals surface area contributed by atoms with E-state index in [4.69, 9.17) is 0 Å². The molecule has 0 spiro atoms. The van der Waals surface area contributed by atoms with Gasteiger partial charge in [0.1, 0.15) is 0 Å². The van der Waals surface area contributed by atoms with Crippen LogP contribution in [0.1, 0.15) is 6.92 Å². The van der Waals surface area contributed by atoms with Crippen molar-refractivity contribution in [1.82, 2.24) is 0 Å². The predicted octanol–water partition coefficient (Wildman–Crippen LogP) is 0.951. The van der Waals surface area contributed by atoms with Gasteiger partial charge in [0.15, 0.2) is 7.12 Å². The Hall–Kier alpha value is 0.585. The molecular formula is C2H6BPS. The van der Waals surface area contributed by atoms with Crippen LogP contribution >= 0.6 is 18.6 Å². The van der Waals surface area contributed by atoms with Gasteiger partial charge in [-0.25, -0.2) is 0 Å². The van der Waals surface area contributed by atoms with E-state index in [0.717, 1.165) is 0 Å². The largest absolute Gasteiger partial charge is 0.185 e. The number of hydrogen-bond donors (Lipinski definition) is 0. The van der Waals surface area contributed by atoms with Crippen molar-refractivity contribution in [2.24, 2.45) is 0 Å². The lowest BCUT2D eigenvalue weighted by Crippen LogP contribution is -1.36. The minimum atomic E-state index is 1.37. The molecule has 0 aromatic rings. The summed E-state index contributed by atoms with van der Waals surface area (Å²) in [5.74, 6) is 2.12. The van der Waals surface area contributed by atoms with Crippen LogP contribution < -0.4 is 0 Å². The highest BCUT2D eigenvalue weighted by molar-refractivity contribution is 8.60. The summed E-state index contributed by atoms with van der Waals surface area (Å²) < 4.78 is 0. The molecule has 0 saturated heterocycles. The molecule has 28 valence electrons. The highest BCUT2D eigenvalue weighted by atomic mass is 32.7. The summed E-state index contributed by atoms with van der Waals surface area (Å²) in [5, 5.41) is 0. The molecule has 0 aliphatic carbocycles. The van der Waals surface area contributed by atoms with Gasteiger partial charge >= 0.3 is 0 Å². The van der Waals surface area contributed by atoms with Crippen LogP contribution in [0.25, 0.3) is 0 Å². The molecule has 0 heterocycles. The molecule has 0 aliphatic rings. The van der Waals surface area contributed by atoms with Crippen LogP contribution in [0.2, 0.25) is 0 Å². The predicted molar refractivity (Wildman–Crippen MR) is 34.8 cm³/mol. The normalized spacial score (nSPS) is 9.80. The van der Waals surface area contributed by atoms with Gasteiger partial charge in [-0.3, -0.25) is 0 Å². The van der Waals surface area contributed by atoms with E-state index in [1.165, 1.54) is 7.41 Å². The molecule has 0 nitrogen and oxygen atoms in total. The zero-order valence-corrected chi connectivity index (χ0v) is 5.14. The van der Waals surface area contributed by atoms with Crippen LogP contribution in [0.5, 0.6) is 0 Å². The molecule has 0 aromatic heterocycles. The molecule has 0 saturated carbocycles. The highest BCUT2D eigenvalue weighted by Gasteiger charge is 1.53. The van der Waals surface area contributed by atoms with Gasteiger partial charge < -0.3 is 0 Å². The summed E-state index contributed by atoms with van der Waals surface area (Å²) in [6.07, 6.45) is 0. The molecule has 0 rings (SSSR count). The molecule has 0 aliphatic heterocycles. The Kier molecular flexibility index (Phi) is 5.12. The highest BCUT2D eigenvalue weighted by Crippen LogP contribution is 2.09. The summed E-state index contributed by atoms with van der Waals surface area (Å²) in [7, 11) is 3.46. The van der Waals surface area contributed by atoms with E-state index in [9.17, 15) is 0 Å². The fourth-order valence-corrected chi connectivity index (χ4v) is 0.949.